The van der Waals surface area contributed by atoms with E-state index < -0.39 is 16.1 Å². The summed E-state index contributed by atoms with van der Waals surface area (Å²) in [4.78, 5) is 14.8. The largest absolute Gasteiger partial charge is 0.497 e. The number of rotatable bonds is 8. The molecule has 0 saturated carbocycles. The molecule has 0 aromatic heterocycles. The lowest BCUT2D eigenvalue weighted by Gasteiger charge is -2.27. The number of amides is 1. The fourth-order valence-corrected chi connectivity index (χ4v) is 5.10. The Balaban J connectivity index is 1.87. The number of carbonyl (C=O) groups is 1. The molecule has 1 fully saturated rings. The second kappa shape index (κ2) is 10.2. The van der Waals surface area contributed by atoms with E-state index in [1.807, 2.05) is 19.1 Å². The zero-order valence-electron chi connectivity index (χ0n) is 18.3. The molecule has 3 rings (SSSR count). The van der Waals surface area contributed by atoms with Crippen LogP contribution >= 0.6 is 0 Å². The van der Waals surface area contributed by atoms with Crippen molar-refractivity contribution < 1.29 is 22.7 Å². The predicted molar refractivity (Wildman–Crippen MR) is 119 cm³/mol. The van der Waals surface area contributed by atoms with Gasteiger partial charge < -0.3 is 14.4 Å². The van der Waals surface area contributed by atoms with Crippen LogP contribution in [0.15, 0.2) is 47.4 Å². The highest BCUT2D eigenvalue weighted by Gasteiger charge is 2.26. The summed E-state index contributed by atoms with van der Waals surface area (Å²) < 4.78 is 39.6. The maximum Gasteiger partial charge on any atom is 0.257 e. The lowest BCUT2D eigenvalue weighted by Crippen LogP contribution is -2.36. The molecule has 0 aliphatic carbocycles. The molecule has 1 aliphatic rings. The Labute approximate surface area is 184 Å². The van der Waals surface area contributed by atoms with Gasteiger partial charge in [0.1, 0.15) is 11.5 Å². The number of ether oxygens (including phenoxy) is 2. The van der Waals surface area contributed by atoms with Gasteiger partial charge in [0, 0.05) is 19.1 Å². The number of sulfonamides is 1. The second-order valence-electron chi connectivity index (χ2n) is 7.57. The minimum Gasteiger partial charge on any atom is -0.497 e. The van der Waals surface area contributed by atoms with Crippen LogP contribution in [-0.4, -0.2) is 46.5 Å². The third-order valence-electron chi connectivity index (χ3n) is 5.58. The molecule has 0 radical (unpaired) electrons. The number of hydrogen-bond acceptors (Lipinski definition) is 5. The van der Waals surface area contributed by atoms with Crippen LogP contribution in [0.5, 0.6) is 11.5 Å². The van der Waals surface area contributed by atoms with Crippen molar-refractivity contribution in [1.82, 2.24) is 9.62 Å². The first-order valence-corrected chi connectivity index (χ1v) is 12.0. The third kappa shape index (κ3) is 5.37. The van der Waals surface area contributed by atoms with Crippen molar-refractivity contribution in [2.24, 2.45) is 0 Å². The Morgan fingerprint density at radius 3 is 2.29 bits per heavy atom. The van der Waals surface area contributed by atoms with E-state index >= 15 is 0 Å². The van der Waals surface area contributed by atoms with Gasteiger partial charge in [0.25, 0.3) is 5.91 Å². The smallest absolute Gasteiger partial charge is 0.257 e. The molecule has 2 aromatic carbocycles. The minimum absolute atomic E-state index is 0.0422. The van der Waals surface area contributed by atoms with Crippen molar-refractivity contribution in [2.75, 3.05) is 27.3 Å². The summed E-state index contributed by atoms with van der Waals surface area (Å²) in [6.45, 7) is 3.26. The van der Waals surface area contributed by atoms with Gasteiger partial charge in [-0.05, 0) is 61.6 Å². The standard InChI is InChI=1S/C23H30N2O5S/c1-4-21(17-8-10-18(29-2)11-9-17)24-31(27,28)19-12-13-22(30-3)20(16-19)23(26)25-14-6-5-7-15-25/h8-13,16,21,24H,4-7,14-15H2,1-3H3/t21-/m1/s1. The summed E-state index contributed by atoms with van der Waals surface area (Å²) in [5, 5.41) is 0. The topological polar surface area (TPSA) is 84.9 Å². The molecule has 1 heterocycles. The molecule has 0 unspecified atom stereocenters. The lowest BCUT2D eigenvalue weighted by atomic mass is 10.1. The Bertz CT molecular complexity index is 999. The van der Waals surface area contributed by atoms with Crippen LogP contribution in [0, 0.1) is 0 Å². The van der Waals surface area contributed by atoms with Crippen molar-refractivity contribution >= 4 is 15.9 Å². The first-order valence-electron chi connectivity index (χ1n) is 10.5. The Morgan fingerprint density at radius 1 is 1.03 bits per heavy atom. The van der Waals surface area contributed by atoms with Crippen molar-refractivity contribution in [1.29, 1.82) is 0 Å². The summed E-state index contributed by atoms with van der Waals surface area (Å²) in [6.07, 6.45) is 3.57. The number of nitrogens with zero attached hydrogens (tertiary/aromatic N) is 1. The first kappa shape index (κ1) is 23.1. The molecular formula is C23H30N2O5S. The van der Waals surface area contributed by atoms with Gasteiger partial charge in [-0.2, -0.15) is 0 Å². The minimum atomic E-state index is -3.85. The quantitative estimate of drug-likeness (QED) is 0.667. The highest BCUT2D eigenvalue weighted by Crippen LogP contribution is 2.27. The molecule has 1 N–H and O–H groups in total. The molecule has 7 nitrogen and oxygen atoms in total. The second-order valence-corrected chi connectivity index (χ2v) is 9.28. The summed E-state index contributed by atoms with van der Waals surface area (Å²) in [5.74, 6) is 0.880. The van der Waals surface area contributed by atoms with Gasteiger partial charge in [-0.1, -0.05) is 19.1 Å². The summed E-state index contributed by atoms with van der Waals surface area (Å²) >= 11 is 0. The first-order chi connectivity index (χ1) is 14.9. The van der Waals surface area contributed by atoms with Crippen molar-refractivity contribution in [3.8, 4) is 11.5 Å². The summed E-state index contributed by atoms with van der Waals surface area (Å²) in [5.41, 5.74) is 1.11. The van der Waals surface area contributed by atoms with Crippen LogP contribution in [0.2, 0.25) is 0 Å². The zero-order valence-corrected chi connectivity index (χ0v) is 19.1. The van der Waals surface area contributed by atoms with Crippen LogP contribution in [0.3, 0.4) is 0 Å². The molecule has 168 valence electrons. The fourth-order valence-electron chi connectivity index (χ4n) is 3.77. The van der Waals surface area contributed by atoms with Crippen LogP contribution in [0.1, 0.15) is 54.6 Å². The van der Waals surface area contributed by atoms with E-state index in [-0.39, 0.29) is 16.4 Å². The Morgan fingerprint density at radius 2 is 1.71 bits per heavy atom. The normalized spacial score (nSPS) is 15.4. The molecule has 31 heavy (non-hydrogen) atoms. The van der Waals surface area contributed by atoms with E-state index in [9.17, 15) is 13.2 Å². The van der Waals surface area contributed by atoms with E-state index in [0.717, 1.165) is 24.8 Å². The number of hydrogen-bond donors (Lipinski definition) is 1. The molecular weight excluding hydrogens is 416 g/mol. The fraction of sp³-hybridized carbons (Fsp3) is 0.435. The van der Waals surface area contributed by atoms with Crippen molar-refractivity contribution in [3.63, 3.8) is 0 Å². The van der Waals surface area contributed by atoms with Gasteiger partial charge in [-0.25, -0.2) is 13.1 Å². The molecule has 1 saturated heterocycles. The van der Waals surface area contributed by atoms with E-state index in [1.165, 1.54) is 19.2 Å². The Hall–Kier alpha value is -2.58. The Kier molecular flexibility index (Phi) is 7.56. The van der Waals surface area contributed by atoms with Gasteiger partial charge in [0.15, 0.2) is 0 Å². The predicted octanol–water partition coefficient (Wildman–Crippen LogP) is 3.76. The van der Waals surface area contributed by atoms with Gasteiger partial charge in [0.05, 0.1) is 24.7 Å². The monoisotopic (exact) mass is 446 g/mol. The van der Waals surface area contributed by atoms with E-state index in [1.54, 1.807) is 30.2 Å². The maximum absolute atomic E-state index is 13.1. The van der Waals surface area contributed by atoms with Gasteiger partial charge in [0.2, 0.25) is 10.0 Å². The maximum atomic E-state index is 13.1. The highest BCUT2D eigenvalue weighted by atomic mass is 32.2. The number of carbonyl (C=O) groups excluding carboxylic acids is 1. The van der Waals surface area contributed by atoms with Crippen LogP contribution in [-0.2, 0) is 10.0 Å². The van der Waals surface area contributed by atoms with E-state index in [2.05, 4.69) is 4.72 Å². The number of likely N-dealkylation sites (tertiary alicyclic amines) is 1. The average Bonchev–Trinajstić information content (AvgIpc) is 2.82. The van der Waals surface area contributed by atoms with Crippen LogP contribution in [0.25, 0.3) is 0 Å². The average molecular weight is 447 g/mol. The van der Waals surface area contributed by atoms with Crippen molar-refractivity contribution in [3.05, 3.63) is 53.6 Å². The number of piperidine rings is 1. The zero-order chi connectivity index (χ0) is 22.4. The van der Waals surface area contributed by atoms with E-state index in [4.69, 9.17) is 9.47 Å². The summed E-state index contributed by atoms with van der Waals surface area (Å²) in [7, 11) is -0.792. The molecule has 8 heteroatoms. The van der Waals surface area contributed by atoms with Crippen LogP contribution in [0.4, 0.5) is 0 Å². The molecule has 1 aliphatic heterocycles. The van der Waals surface area contributed by atoms with Gasteiger partial charge in [-0.15, -0.1) is 0 Å². The summed E-state index contributed by atoms with van der Waals surface area (Å²) in [6, 6.07) is 11.3. The van der Waals surface area contributed by atoms with Crippen molar-refractivity contribution in [2.45, 2.75) is 43.5 Å². The molecule has 1 atom stereocenters. The molecule has 1 amide bonds. The third-order valence-corrected chi connectivity index (χ3v) is 7.05. The number of nitrogens with one attached hydrogen (secondary N) is 1. The molecule has 0 spiro atoms. The highest BCUT2D eigenvalue weighted by molar-refractivity contribution is 7.89. The van der Waals surface area contributed by atoms with Crippen LogP contribution < -0.4 is 14.2 Å². The van der Waals surface area contributed by atoms with Gasteiger partial charge >= 0.3 is 0 Å². The SMILES string of the molecule is CC[C@@H](NS(=O)(=O)c1ccc(OC)c(C(=O)N2CCCCC2)c1)c1ccc(OC)cc1. The lowest BCUT2D eigenvalue weighted by molar-refractivity contribution is 0.0720. The number of methoxy groups -OCH3 is 2. The molecule has 2 aromatic rings. The van der Waals surface area contributed by atoms with Gasteiger partial charge in [-0.3, -0.25) is 4.79 Å². The number of benzene rings is 2. The van der Waals surface area contributed by atoms with E-state index in [0.29, 0.717) is 31.0 Å². The molecule has 0 bridgehead atoms.